The van der Waals surface area contributed by atoms with Gasteiger partial charge in [-0.3, -0.25) is 9.59 Å². The molecule has 0 saturated heterocycles. The summed E-state index contributed by atoms with van der Waals surface area (Å²) in [5.41, 5.74) is -0.286. The van der Waals surface area contributed by atoms with Crippen LogP contribution in [0, 0.1) is 5.82 Å². The highest BCUT2D eigenvalue weighted by Gasteiger charge is 2.28. The van der Waals surface area contributed by atoms with E-state index in [1.165, 1.54) is 25.1 Å². The summed E-state index contributed by atoms with van der Waals surface area (Å²) in [4.78, 5) is 34.5. The van der Waals surface area contributed by atoms with Crippen LogP contribution in [0.25, 0.3) is 0 Å². The second-order valence-corrected chi connectivity index (χ2v) is 4.14. The van der Waals surface area contributed by atoms with Crippen LogP contribution in [0.5, 0.6) is 0 Å². The maximum absolute atomic E-state index is 13.6. The molecule has 1 aromatic carbocycles. The molecule has 0 aliphatic rings. The molecule has 108 valence electrons. The fourth-order valence-corrected chi connectivity index (χ4v) is 1.61. The van der Waals surface area contributed by atoms with Crippen LogP contribution in [0.1, 0.15) is 23.7 Å². The molecule has 1 rings (SSSR count). The molecule has 7 heteroatoms. The molecule has 1 amide bonds. The molecular formula is C13H14FNO5. The zero-order chi connectivity index (χ0) is 15.3. The van der Waals surface area contributed by atoms with Crippen LogP contribution in [0.3, 0.4) is 0 Å². The molecule has 0 fully saturated rings. The van der Waals surface area contributed by atoms with E-state index >= 15 is 0 Å². The van der Waals surface area contributed by atoms with E-state index in [1.807, 2.05) is 0 Å². The van der Waals surface area contributed by atoms with Crippen molar-refractivity contribution in [1.82, 2.24) is 4.90 Å². The van der Waals surface area contributed by atoms with Crippen molar-refractivity contribution in [2.45, 2.75) is 19.4 Å². The fraction of sp³-hybridized carbons (Fsp3) is 0.308. The predicted octanol–water partition coefficient (Wildman–Crippen LogP) is 1.22. The molecule has 0 spiro atoms. The highest BCUT2D eigenvalue weighted by atomic mass is 19.1. The first-order valence-electron chi connectivity index (χ1n) is 5.84. The Balaban J connectivity index is 3.03. The van der Waals surface area contributed by atoms with Crippen molar-refractivity contribution in [3.8, 4) is 0 Å². The topological polar surface area (TPSA) is 94.9 Å². The summed E-state index contributed by atoms with van der Waals surface area (Å²) in [5, 5.41) is 17.6. The van der Waals surface area contributed by atoms with E-state index in [-0.39, 0.29) is 12.1 Å². The number of carboxylic acids is 2. The van der Waals surface area contributed by atoms with Crippen molar-refractivity contribution in [2.75, 3.05) is 6.54 Å². The number of carbonyl (C=O) groups excluding carboxylic acids is 1. The minimum absolute atomic E-state index is 0.286. The summed E-state index contributed by atoms with van der Waals surface area (Å²) >= 11 is 0. The monoisotopic (exact) mass is 283 g/mol. The third kappa shape index (κ3) is 3.78. The third-order valence-corrected chi connectivity index (χ3v) is 2.76. The molecule has 1 atom stereocenters. The van der Waals surface area contributed by atoms with E-state index in [0.717, 1.165) is 11.0 Å². The van der Waals surface area contributed by atoms with Crippen LogP contribution >= 0.6 is 0 Å². The summed E-state index contributed by atoms with van der Waals surface area (Å²) in [6.45, 7) is 0.929. The highest BCUT2D eigenvalue weighted by Crippen LogP contribution is 2.13. The number of hydrogen-bond donors (Lipinski definition) is 2. The van der Waals surface area contributed by atoms with Crippen molar-refractivity contribution >= 4 is 17.8 Å². The summed E-state index contributed by atoms with van der Waals surface area (Å²) in [6.07, 6.45) is -0.419. The first kappa shape index (κ1) is 15.6. The van der Waals surface area contributed by atoms with Gasteiger partial charge in [-0.25, -0.2) is 9.18 Å². The first-order valence-corrected chi connectivity index (χ1v) is 5.84. The molecule has 0 bridgehead atoms. The molecule has 0 heterocycles. The largest absolute Gasteiger partial charge is 0.481 e. The normalized spacial score (nSPS) is 11.7. The van der Waals surface area contributed by atoms with Gasteiger partial charge in [-0.2, -0.15) is 0 Å². The van der Waals surface area contributed by atoms with Gasteiger partial charge in [-0.05, 0) is 19.1 Å². The minimum Gasteiger partial charge on any atom is -0.481 e. The zero-order valence-corrected chi connectivity index (χ0v) is 10.7. The number of rotatable bonds is 6. The lowest BCUT2D eigenvalue weighted by atomic mass is 10.1. The smallest absolute Gasteiger partial charge is 0.326 e. The van der Waals surface area contributed by atoms with Crippen LogP contribution in [0.15, 0.2) is 24.3 Å². The van der Waals surface area contributed by atoms with Crippen molar-refractivity contribution in [2.24, 2.45) is 0 Å². The predicted molar refractivity (Wildman–Crippen MR) is 66.8 cm³/mol. The molecule has 1 aromatic rings. The fourth-order valence-electron chi connectivity index (χ4n) is 1.61. The second-order valence-electron chi connectivity index (χ2n) is 4.14. The molecular weight excluding hydrogens is 269 g/mol. The second kappa shape index (κ2) is 6.65. The van der Waals surface area contributed by atoms with Crippen LogP contribution in [0.2, 0.25) is 0 Å². The van der Waals surface area contributed by atoms with Crippen molar-refractivity contribution in [3.05, 3.63) is 35.6 Å². The van der Waals surface area contributed by atoms with E-state index in [9.17, 15) is 18.8 Å². The van der Waals surface area contributed by atoms with E-state index < -0.39 is 36.1 Å². The first-order chi connectivity index (χ1) is 9.34. The van der Waals surface area contributed by atoms with Crippen molar-refractivity contribution < 1.29 is 29.0 Å². The maximum Gasteiger partial charge on any atom is 0.326 e. The van der Waals surface area contributed by atoms with Gasteiger partial charge < -0.3 is 15.1 Å². The molecule has 0 aromatic heterocycles. The Labute approximate surface area is 114 Å². The minimum atomic E-state index is -1.29. The van der Waals surface area contributed by atoms with Crippen molar-refractivity contribution in [3.63, 3.8) is 0 Å². The molecule has 20 heavy (non-hydrogen) atoms. The molecule has 2 N–H and O–H groups in total. The standard InChI is InChI=1S/C13H14FNO5/c1-8(13(19)20)15(7-6-11(16)17)12(18)9-4-2-3-5-10(9)14/h2-5,8H,6-7H2,1H3,(H,16,17)(H,19,20). The van der Waals surface area contributed by atoms with Gasteiger partial charge in [0.2, 0.25) is 0 Å². The Bertz CT molecular complexity index is 531. The Morgan fingerprint density at radius 3 is 2.35 bits per heavy atom. The summed E-state index contributed by atoms with van der Waals surface area (Å²) in [7, 11) is 0. The van der Waals surface area contributed by atoms with E-state index in [1.54, 1.807) is 0 Å². The zero-order valence-electron chi connectivity index (χ0n) is 10.7. The number of hydrogen-bond acceptors (Lipinski definition) is 3. The van der Waals surface area contributed by atoms with Crippen LogP contribution in [-0.2, 0) is 9.59 Å². The van der Waals surface area contributed by atoms with Gasteiger partial charge in [0.1, 0.15) is 11.9 Å². The SMILES string of the molecule is CC(C(=O)O)N(CCC(=O)O)C(=O)c1ccccc1F. The number of amides is 1. The quantitative estimate of drug-likeness (QED) is 0.818. The van der Waals surface area contributed by atoms with E-state index in [0.29, 0.717) is 0 Å². The average Bonchev–Trinajstić information content (AvgIpc) is 2.38. The summed E-state index contributed by atoms with van der Waals surface area (Å²) in [6, 6.07) is 3.89. The highest BCUT2D eigenvalue weighted by molar-refractivity contribution is 5.97. The van der Waals surface area contributed by atoms with Gasteiger partial charge in [0.25, 0.3) is 5.91 Å². The van der Waals surface area contributed by atoms with E-state index in [4.69, 9.17) is 10.2 Å². The number of halogens is 1. The summed E-state index contributed by atoms with van der Waals surface area (Å²) in [5.74, 6) is -4.09. The van der Waals surface area contributed by atoms with Gasteiger partial charge >= 0.3 is 11.9 Å². The molecule has 0 aliphatic heterocycles. The molecule has 0 saturated carbocycles. The average molecular weight is 283 g/mol. The van der Waals surface area contributed by atoms with Crippen LogP contribution < -0.4 is 0 Å². The maximum atomic E-state index is 13.6. The number of aliphatic carboxylic acids is 2. The Morgan fingerprint density at radius 1 is 1.25 bits per heavy atom. The van der Waals surface area contributed by atoms with Gasteiger partial charge in [0, 0.05) is 6.54 Å². The number of carbonyl (C=O) groups is 3. The van der Waals surface area contributed by atoms with Gasteiger partial charge in [-0.1, -0.05) is 12.1 Å². The Hall–Kier alpha value is -2.44. The van der Waals surface area contributed by atoms with Gasteiger partial charge in [0.05, 0.1) is 12.0 Å². The van der Waals surface area contributed by atoms with Gasteiger partial charge in [-0.15, -0.1) is 0 Å². The van der Waals surface area contributed by atoms with E-state index in [2.05, 4.69) is 0 Å². The van der Waals surface area contributed by atoms with Crippen LogP contribution in [-0.4, -0.2) is 45.5 Å². The molecule has 0 aliphatic carbocycles. The number of carboxylic acid groups (broad SMARTS) is 2. The lowest BCUT2D eigenvalue weighted by molar-refractivity contribution is -0.143. The van der Waals surface area contributed by atoms with Crippen molar-refractivity contribution in [1.29, 1.82) is 0 Å². The summed E-state index contributed by atoms with van der Waals surface area (Å²) < 4.78 is 13.6. The lowest BCUT2D eigenvalue weighted by Gasteiger charge is -2.26. The van der Waals surface area contributed by atoms with Crippen LogP contribution in [0.4, 0.5) is 4.39 Å². The third-order valence-electron chi connectivity index (χ3n) is 2.76. The number of benzene rings is 1. The van der Waals surface area contributed by atoms with Gasteiger partial charge in [0.15, 0.2) is 0 Å². The molecule has 6 nitrogen and oxygen atoms in total. The lowest BCUT2D eigenvalue weighted by Crippen LogP contribution is -2.44. The molecule has 0 radical (unpaired) electrons. The Morgan fingerprint density at radius 2 is 1.85 bits per heavy atom. The Kier molecular flexibility index (Phi) is 5.19. The number of nitrogens with zero attached hydrogens (tertiary/aromatic N) is 1. The molecule has 1 unspecified atom stereocenters.